The van der Waals surface area contributed by atoms with Gasteiger partial charge in [0.05, 0.1) is 17.6 Å². The normalized spacial score (nSPS) is 16.5. The van der Waals surface area contributed by atoms with Crippen LogP contribution in [-0.2, 0) is 17.4 Å². The first kappa shape index (κ1) is 28.3. The number of imidazole rings is 1. The van der Waals surface area contributed by atoms with E-state index in [2.05, 4.69) is 62.7 Å². The molecule has 1 aliphatic rings. The number of carbonyl (C=O) groups excluding carboxylic acids is 1. The number of rotatable bonds is 10. The van der Waals surface area contributed by atoms with Gasteiger partial charge >= 0.3 is 0 Å². The lowest BCUT2D eigenvalue weighted by Gasteiger charge is -2.37. The second-order valence-corrected chi connectivity index (χ2v) is 16.9. The third-order valence-electron chi connectivity index (χ3n) is 7.71. The van der Waals surface area contributed by atoms with Crippen LogP contribution < -0.4 is 10.1 Å². The van der Waals surface area contributed by atoms with E-state index in [4.69, 9.17) is 14.1 Å². The molecule has 8 nitrogen and oxygen atoms in total. The number of hydrogen-bond donors (Lipinski definition) is 2. The van der Waals surface area contributed by atoms with Crippen LogP contribution >= 0.6 is 0 Å². The third kappa shape index (κ3) is 6.12. The summed E-state index contributed by atoms with van der Waals surface area (Å²) in [6, 6.07) is 13.0. The van der Waals surface area contributed by atoms with Gasteiger partial charge < -0.3 is 23.7 Å². The fraction of sp³-hybridized carbons (Fsp3) is 0.517. The predicted molar refractivity (Wildman–Crippen MR) is 155 cm³/mol. The fourth-order valence-corrected chi connectivity index (χ4v) is 5.74. The molecule has 0 saturated heterocycles. The molecule has 2 heterocycles. The first-order valence-corrected chi connectivity index (χ1v) is 16.2. The quantitative estimate of drug-likeness (QED) is 0.361. The summed E-state index contributed by atoms with van der Waals surface area (Å²) in [5.41, 5.74) is 3.33. The van der Waals surface area contributed by atoms with E-state index in [9.17, 15) is 9.90 Å². The number of benzene rings is 2. The van der Waals surface area contributed by atoms with Gasteiger partial charge in [0.25, 0.3) is 5.91 Å². The van der Waals surface area contributed by atoms with Crippen LogP contribution in [0.3, 0.4) is 0 Å². The Kier molecular flexibility index (Phi) is 8.32. The van der Waals surface area contributed by atoms with E-state index in [1.165, 1.54) is 0 Å². The highest BCUT2D eigenvalue weighted by molar-refractivity contribution is 6.74. The number of aliphatic hydroxyl groups is 1. The van der Waals surface area contributed by atoms with Crippen molar-refractivity contribution in [2.75, 3.05) is 39.2 Å². The minimum atomic E-state index is -1.95. The Morgan fingerprint density at radius 3 is 2.58 bits per heavy atom. The number of amides is 1. The number of nitrogens with zero attached hydrogens (tertiary/aromatic N) is 3. The van der Waals surface area contributed by atoms with Gasteiger partial charge in [-0.25, -0.2) is 4.98 Å². The molecule has 2 unspecified atom stereocenters. The zero-order valence-electron chi connectivity index (χ0n) is 23.7. The maximum absolute atomic E-state index is 13.2. The van der Waals surface area contributed by atoms with Gasteiger partial charge in [-0.05, 0) is 56.5 Å². The predicted octanol–water partition coefficient (Wildman–Crippen LogP) is 4.78. The highest BCUT2D eigenvalue weighted by Crippen LogP contribution is 2.38. The average Bonchev–Trinajstić information content (AvgIpc) is 3.43. The summed E-state index contributed by atoms with van der Waals surface area (Å²) in [6.45, 7) is 13.3. The molecule has 1 aliphatic heterocycles. The van der Waals surface area contributed by atoms with Gasteiger partial charge in [0.15, 0.2) is 8.32 Å². The summed E-state index contributed by atoms with van der Waals surface area (Å²) in [5.74, 6) is 1.23. The Morgan fingerprint density at radius 2 is 1.95 bits per heavy atom. The number of anilines is 1. The van der Waals surface area contributed by atoms with Crippen LogP contribution in [0, 0.1) is 5.92 Å². The van der Waals surface area contributed by atoms with Crippen molar-refractivity contribution in [1.82, 2.24) is 14.5 Å². The first-order chi connectivity index (χ1) is 17.9. The number of nitrogens with one attached hydrogen (secondary N) is 1. The summed E-state index contributed by atoms with van der Waals surface area (Å²) >= 11 is 0. The third-order valence-corrected chi connectivity index (χ3v) is 12.2. The molecular formula is C29H42N4O4Si. The van der Waals surface area contributed by atoms with E-state index in [0.717, 1.165) is 28.9 Å². The van der Waals surface area contributed by atoms with Gasteiger partial charge in [-0.15, -0.1) is 0 Å². The lowest BCUT2D eigenvalue weighted by atomic mass is 10.1. The largest absolute Gasteiger partial charge is 0.487 e. The second kappa shape index (κ2) is 11.2. The summed E-state index contributed by atoms with van der Waals surface area (Å²) in [5, 5.41) is 12.9. The monoisotopic (exact) mass is 538 g/mol. The molecule has 3 aromatic rings. The van der Waals surface area contributed by atoms with Gasteiger partial charge in [0.1, 0.15) is 11.9 Å². The van der Waals surface area contributed by atoms with E-state index in [1.807, 2.05) is 30.3 Å². The maximum Gasteiger partial charge on any atom is 0.257 e. The van der Waals surface area contributed by atoms with Gasteiger partial charge in [-0.1, -0.05) is 39.0 Å². The number of aliphatic hydroxyl groups excluding tert-OH is 1. The van der Waals surface area contributed by atoms with Crippen molar-refractivity contribution < 1.29 is 19.1 Å². The first-order valence-electron chi connectivity index (χ1n) is 13.3. The van der Waals surface area contributed by atoms with Crippen molar-refractivity contribution in [3.8, 4) is 5.75 Å². The highest BCUT2D eigenvalue weighted by atomic mass is 28.4. The molecule has 0 bridgehead atoms. The number of hydrogen-bond acceptors (Lipinski definition) is 6. The molecule has 4 rings (SSSR count). The molecule has 0 saturated carbocycles. The molecule has 0 radical (unpaired) electrons. The Labute approximate surface area is 227 Å². The molecule has 0 spiro atoms. The standard InChI is InChI=1S/C29H42N4O4Si/c1-29(2,3)38(6,7)36-19-20(16-32(4)5)17-33-26-23-15-22(18-34)37-25(23)14-13-24(26)30-28(33)31-27(35)21-11-9-8-10-12-21/h8-14,20,22,34H,15-19H2,1-7H3,(H,30,31,35). The Bertz CT molecular complexity index is 1270. The maximum atomic E-state index is 13.2. The van der Waals surface area contributed by atoms with Crippen LogP contribution in [-0.4, -0.2) is 73.7 Å². The molecule has 1 aromatic heterocycles. The summed E-state index contributed by atoms with van der Waals surface area (Å²) < 4.78 is 14.8. The second-order valence-electron chi connectivity index (χ2n) is 12.1. The lowest BCUT2D eigenvalue weighted by molar-refractivity contribution is 0.102. The molecule has 38 heavy (non-hydrogen) atoms. The summed E-state index contributed by atoms with van der Waals surface area (Å²) in [6.07, 6.45) is 0.320. The lowest BCUT2D eigenvalue weighted by Crippen LogP contribution is -2.43. The van der Waals surface area contributed by atoms with Crippen molar-refractivity contribution in [2.24, 2.45) is 5.92 Å². The van der Waals surface area contributed by atoms with E-state index in [0.29, 0.717) is 31.1 Å². The number of ether oxygens (including phenoxy) is 1. The zero-order valence-corrected chi connectivity index (χ0v) is 24.7. The van der Waals surface area contributed by atoms with Gasteiger partial charge in [-0.3, -0.25) is 10.1 Å². The van der Waals surface area contributed by atoms with Crippen LogP contribution in [0.1, 0.15) is 36.7 Å². The SMILES string of the molecule is CN(C)CC(CO[Si](C)(C)C(C)(C)C)Cn1c(NC(=O)c2ccccc2)nc2ccc3c(c21)CC(CO)O3. The molecule has 206 valence electrons. The minimum Gasteiger partial charge on any atom is -0.487 e. The zero-order chi connectivity index (χ0) is 27.7. The van der Waals surface area contributed by atoms with Gasteiger partial charge in [0.2, 0.25) is 5.95 Å². The van der Waals surface area contributed by atoms with Crippen molar-refractivity contribution >= 4 is 31.2 Å². The van der Waals surface area contributed by atoms with E-state index >= 15 is 0 Å². The van der Waals surface area contributed by atoms with Crippen LogP contribution in [0.5, 0.6) is 5.75 Å². The number of fused-ring (bicyclic) bond motifs is 3. The molecule has 2 aromatic carbocycles. The van der Waals surface area contributed by atoms with Crippen LogP contribution in [0.4, 0.5) is 5.95 Å². The molecule has 2 N–H and O–H groups in total. The topological polar surface area (TPSA) is 88.9 Å². The molecule has 0 aliphatic carbocycles. The van der Waals surface area contributed by atoms with Crippen molar-refractivity contribution in [3.63, 3.8) is 0 Å². The molecule has 9 heteroatoms. The van der Waals surface area contributed by atoms with E-state index in [-0.39, 0.29) is 29.6 Å². The molecular weight excluding hydrogens is 496 g/mol. The molecule has 1 amide bonds. The van der Waals surface area contributed by atoms with Crippen LogP contribution in [0.2, 0.25) is 18.1 Å². The summed E-state index contributed by atoms with van der Waals surface area (Å²) in [7, 11) is 2.19. The van der Waals surface area contributed by atoms with E-state index in [1.54, 1.807) is 12.1 Å². The Balaban J connectivity index is 1.73. The smallest absolute Gasteiger partial charge is 0.257 e. The van der Waals surface area contributed by atoms with Crippen molar-refractivity contribution in [1.29, 1.82) is 0 Å². The fourth-order valence-electron chi connectivity index (χ4n) is 4.65. The van der Waals surface area contributed by atoms with Crippen molar-refractivity contribution in [2.45, 2.75) is 58.0 Å². The Hall–Kier alpha value is -2.72. The minimum absolute atomic E-state index is 0.0501. The average molecular weight is 539 g/mol. The Morgan fingerprint density at radius 1 is 1.24 bits per heavy atom. The van der Waals surface area contributed by atoms with Gasteiger partial charge in [-0.2, -0.15) is 0 Å². The van der Waals surface area contributed by atoms with Crippen LogP contribution in [0.25, 0.3) is 11.0 Å². The number of carbonyl (C=O) groups is 1. The van der Waals surface area contributed by atoms with E-state index < -0.39 is 8.32 Å². The van der Waals surface area contributed by atoms with Gasteiger partial charge in [0, 0.05) is 43.2 Å². The molecule has 0 fully saturated rings. The summed E-state index contributed by atoms with van der Waals surface area (Å²) in [4.78, 5) is 20.2. The van der Waals surface area contributed by atoms with Crippen molar-refractivity contribution in [3.05, 3.63) is 53.6 Å². The van der Waals surface area contributed by atoms with Crippen LogP contribution in [0.15, 0.2) is 42.5 Å². The highest BCUT2D eigenvalue weighted by Gasteiger charge is 2.38. The molecule has 2 atom stereocenters. The number of aromatic nitrogens is 2.